The van der Waals surface area contributed by atoms with Gasteiger partial charge in [0.15, 0.2) is 0 Å². The summed E-state index contributed by atoms with van der Waals surface area (Å²) in [6, 6.07) is 24.6. The molecule has 154 valence electrons. The summed E-state index contributed by atoms with van der Waals surface area (Å²) in [5, 5.41) is 0. The number of rotatable bonds is 3. The number of benzene rings is 2. The van der Waals surface area contributed by atoms with Crippen molar-refractivity contribution >= 4 is 10.1 Å². The van der Waals surface area contributed by atoms with Gasteiger partial charge in [-0.3, -0.25) is 0 Å². The summed E-state index contributed by atoms with van der Waals surface area (Å²) in [4.78, 5) is 7.44. The normalized spacial score (nSPS) is 9.87. The summed E-state index contributed by atoms with van der Waals surface area (Å²) < 4.78 is 7.31. The molecule has 0 amide bonds. The van der Waals surface area contributed by atoms with E-state index in [0.29, 0.717) is 0 Å². The Kier molecular flexibility index (Phi) is 10.1. The Morgan fingerprint density at radius 1 is 0.700 bits per heavy atom. The van der Waals surface area contributed by atoms with Crippen molar-refractivity contribution in [3.8, 4) is 0 Å². The van der Waals surface area contributed by atoms with Crippen LogP contribution in [0, 0.1) is 13.8 Å². The average Bonchev–Trinajstić information content (AvgIpc) is 3.50. The molecular weight excluding hydrogens is 450 g/mol. The first kappa shape index (κ1) is 23.6. The SMILES string of the molecule is Cc1cccc(C)c1[N]=[Mo+2]=[CH]C(C)(C)c1ccccc1.c1cc[n-]c1.c1cc[n-]c1. The topological polar surface area (TPSA) is 40.6 Å². The molecule has 0 saturated heterocycles. The predicted octanol–water partition coefficient (Wildman–Crippen LogP) is 6.27. The first-order chi connectivity index (χ1) is 14.5. The van der Waals surface area contributed by atoms with E-state index in [9.17, 15) is 0 Å². The van der Waals surface area contributed by atoms with Crippen LogP contribution >= 0.6 is 0 Å². The number of aromatic nitrogens is 2. The van der Waals surface area contributed by atoms with Gasteiger partial charge in [-0.15, -0.1) is 0 Å². The van der Waals surface area contributed by atoms with Crippen LogP contribution in [0.15, 0.2) is 101 Å². The van der Waals surface area contributed by atoms with Crippen LogP contribution in [0.2, 0.25) is 0 Å². The molecule has 4 aromatic rings. The van der Waals surface area contributed by atoms with E-state index in [2.05, 4.69) is 90.6 Å². The van der Waals surface area contributed by atoms with E-state index in [1.165, 1.54) is 22.4 Å². The van der Waals surface area contributed by atoms with Gasteiger partial charge in [-0.2, -0.15) is 24.8 Å². The van der Waals surface area contributed by atoms with Gasteiger partial charge in [0.2, 0.25) is 0 Å². The van der Waals surface area contributed by atoms with Gasteiger partial charge in [-0.05, 0) is 0 Å². The van der Waals surface area contributed by atoms with E-state index in [1.807, 2.05) is 24.3 Å². The van der Waals surface area contributed by atoms with Crippen LogP contribution in [0.4, 0.5) is 5.69 Å². The Bertz CT molecular complexity index is 931. The third-order valence-corrected chi connectivity index (χ3v) is 6.77. The van der Waals surface area contributed by atoms with Gasteiger partial charge in [-0.25, -0.2) is 0 Å². The Morgan fingerprint density at radius 2 is 1.20 bits per heavy atom. The van der Waals surface area contributed by atoms with Crippen LogP contribution in [0.25, 0.3) is 0 Å². The molecule has 0 aliphatic heterocycles. The van der Waals surface area contributed by atoms with E-state index >= 15 is 0 Å². The Labute approximate surface area is 188 Å². The average molecular weight is 479 g/mol. The molecule has 0 fully saturated rings. The zero-order valence-corrected chi connectivity index (χ0v) is 20.1. The first-order valence-electron chi connectivity index (χ1n) is 9.87. The maximum Gasteiger partial charge on any atom is -0.0860 e. The third-order valence-electron chi connectivity index (χ3n) is 4.36. The fraction of sp³-hybridized carbons (Fsp3) is 0.192. The molecule has 2 heterocycles. The molecule has 0 unspecified atom stereocenters. The maximum absolute atomic E-state index is 4.89. The number of nitrogens with zero attached hydrogens (tertiary/aromatic N) is 3. The van der Waals surface area contributed by atoms with Gasteiger partial charge in [-0.1, -0.05) is 24.3 Å². The largest absolute Gasteiger partial charge is 0.670 e. The molecule has 0 spiro atoms. The molecule has 4 heteroatoms. The molecule has 0 N–H and O–H groups in total. The second-order valence-corrected chi connectivity index (χ2v) is 8.85. The van der Waals surface area contributed by atoms with Crippen molar-refractivity contribution in [2.75, 3.05) is 0 Å². The molecule has 4 rings (SSSR count). The quantitative estimate of drug-likeness (QED) is 0.325. The molecule has 0 bridgehead atoms. The van der Waals surface area contributed by atoms with E-state index < -0.39 is 17.9 Å². The number of hydrogen-bond donors (Lipinski definition) is 0. The standard InChI is InChI=1S/C10H12.C8H9N.2C4H4N.Mo/c1-10(2,3)9-7-5-4-6-8-9;1-6-4-3-5-7(2)8(6)9;2*1-2-4-5-3-1;/h1,4-8H,2-3H3;3-5H,1-2H3;2*1-4H;/q;;2*-1;+2. The summed E-state index contributed by atoms with van der Waals surface area (Å²) in [6.45, 7) is 8.82. The Hall–Kier alpha value is -2.64. The minimum Gasteiger partial charge on any atom is -0.670 e. The van der Waals surface area contributed by atoms with E-state index in [4.69, 9.17) is 3.50 Å². The zero-order valence-electron chi connectivity index (χ0n) is 18.1. The van der Waals surface area contributed by atoms with Gasteiger partial charge in [0.25, 0.3) is 0 Å². The molecule has 3 nitrogen and oxygen atoms in total. The van der Waals surface area contributed by atoms with E-state index in [-0.39, 0.29) is 5.41 Å². The maximum atomic E-state index is 4.89. The second-order valence-electron chi connectivity index (χ2n) is 7.31. The zero-order chi connectivity index (χ0) is 21.7. The van der Waals surface area contributed by atoms with Crippen molar-refractivity contribution in [3.63, 3.8) is 0 Å². The summed E-state index contributed by atoms with van der Waals surface area (Å²) in [5.41, 5.74) is 5.21. The fourth-order valence-corrected chi connectivity index (χ4v) is 4.67. The molecule has 0 atom stereocenters. The summed E-state index contributed by atoms with van der Waals surface area (Å²) in [7, 11) is 0. The van der Waals surface area contributed by atoms with Crippen molar-refractivity contribution in [1.82, 2.24) is 9.97 Å². The van der Waals surface area contributed by atoms with Crippen LogP contribution in [-0.4, -0.2) is 4.40 Å². The molecule has 30 heavy (non-hydrogen) atoms. The van der Waals surface area contributed by atoms with Crippen LogP contribution < -0.4 is 9.97 Å². The minimum absolute atomic E-state index is 0.101. The first-order valence-corrected chi connectivity index (χ1v) is 11.9. The molecule has 0 saturated carbocycles. The Balaban J connectivity index is 0.000000258. The van der Waals surface area contributed by atoms with E-state index in [0.717, 1.165) is 0 Å². The van der Waals surface area contributed by atoms with Crippen molar-refractivity contribution in [1.29, 1.82) is 0 Å². The van der Waals surface area contributed by atoms with Crippen molar-refractivity contribution in [2.24, 2.45) is 3.50 Å². The summed E-state index contributed by atoms with van der Waals surface area (Å²) in [6.07, 6.45) is 7.00. The van der Waals surface area contributed by atoms with Crippen LogP contribution in [0.5, 0.6) is 0 Å². The number of aryl methyl sites for hydroxylation is 2. The second kappa shape index (κ2) is 12.8. The molecule has 2 aromatic heterocycles. The van der Waals surface area contributed by atoms with Crippen LogP contribution in [-0.2, 0) is 23.3 Å². The Morgan fingerprint density at radius 3 is 1.63 bits per heavy atom. The molecule has 0 radical (unpaired) electrons. The van der Waals surface area contributed by atoms with Crippen molar-refractivity contribution < 1.29 is 17.9 Å². The minimum atomic E-state index is -0.493. The van der Waals surface area contributed by atoms with Crippen molar-refractivity contribution in [2.45, 2.75) is 33.1 Å². The van der Waals surface area contributed by atoms with Gasteiger partial charge in [0.1, 0.15) is 0 Å². The van der Waals surface area contributed by atoms with E-state index in [1.54, 1.807) is 24.8 Å². The summed E-state index contributed by atoms with van der Waals surface area (Å²) in [5.74, 6) is 0. The van der Waals surface area contributed by atoms with Gasteiger partial charge >= 0.3 is 130 Å². The van der Waals surface area contributed by atoms with Gasteiger partial charge < -0.3 is 9.97 Å². The predicted molar refractivity (Wildman–Crippen MR) is 123 cm³/mol. The van der Waals surface area contributed by atoms with Gasteiger partial charge in [0.05, 0.1) is 0 Å². The molecule has 0 aliphatic rings. The fourth-order valence-electron chi connectivity index (χ4n) is 2.59. The summed E-state index contributed by atoms with van der Waals surface area (Å²) >= 11 is -0.493. The molecule has 0 aliphatic carbocycles. The molecular formula is C26H29MoN3. The van der Waals surface area contributed by atoms with Crippen LogP contribution in [0.1, 0.15) is 30.5 Å². The number of hydrogen-bond acceptors (Lipinski definition) is 1. The molecule has 2 aromatic carbocycles. The van der Waals surface area contributed by atoms with Crippen molar-refractivity contribution in [3.05, 3.63) is 114 Å². The van der Waals surface area contributed by atoms with Gasteiger partial charge in [0, 0.05) is 0 Å². The third kappa shape index (κ3) is 8.39. The van der Waals surface area contributed by atoms with Crippen LogP contribution in [0.3, 0.4) is 0 Å². The smallest absolute Gasteiger partial charge is 0.0860 e. The monoisotopic (exact) mass is 481 g/mol.